The molecule has 11 atom stereocenters. The van der Waals surface area contributed by atoms with Crippen molar-refractivity contribution >= 4 is 5.78 Å². The highest BCUT2D eigenvalue weighted by Gasteiger charge is 2.84. The molecule has 2 spiro atoms. The van der Waals surface area contributed by atoms with Gasteiger partial charge in [-0.05, 0) is 91.9 Å². The molecule has 2 saturated heterocycles. The maximum absolute atomic E-state index is 12.4. The molecule has 3 unspecified atom stereocenters. The first kappa shape index (κ1) is 31.8. The van der Waals surface area contributed by atoms with E-state index >= 15 is 0 Å². The Morgan fingerprint density at radius 3 is 2.41 bits per heavy atom. The Hall–Kier alpha value is -0.830. The summed E-state index contributed by atoms with van der Waals surface area (Å²) >= 11 is 0. The van der Waals surface area contributed by atoms with E-state index in [1.54, 1.807) is 7.11 Å². The van der Waals surface area contributed by atoms with Crippen molar-refractivity contribution in [3.63, 3.8) is 0 Å². The summed E-state index contributed by atoms with van der Waals surface area (Å²) in [5.74, 6) is 3.98. The first-order valence-electron chi connectivity index (χ1n) is 18.1. The van der Waals surface area contributed by atoms with E-state index in [9.17, 15) is 4.79 Å². The molecule has 44 heavy (non-hydrogen) atoms. The van der Waals surface area contributed by atoms with Gasteiger partial charge < -0.3 is 23.7 Å². The van der Waals surface area contributed by atoms with Crippen molar-refractivity contribution in [2.45, 2.75) is 103 Å². The number of carbonyl (C=O) groups excluding carboxylic acids is 1. The van der Waals surface area contributed by atoms with Crippen molar-refractivity contribution in [2.75, 3.05) is 66.4 Å². The topological polar surface area (TPSA) is 66.5 Å². The molecule has 2 heterocycles. The van der Waals surface area contributed by atoms with Crippen LogP contribution in [0.25, 0.3) is 0 Å². The molecule has 0 bridgehead atoms. The second kappa shape index (κ2) is 12.0. The number of carbonyl (C=O) groups is 1. The van der Waals surface area contributed by atoms with E-state index in [4.69, 9.17) is 23.7 Å². The van der Waals surface area contributed by atoms with Gasteiger partial charge in [-0.15, -0.1) is 0 Å². The van der Waals surface area contributed by atoms with Gasteiger partial charge in [0, 0.05) is 44.0 Å². The highest BCUT2D eigenvalue weighted by Crippen LogP contribution is 2.87. The van der Waals surface area contributed by atoms with Crippen LogP contribution in [0.4, 0.5) is 0 Å². The zero-order valence-electron chi connectivity index (χ0n) is 28.2. The number of methoxy groups -OCH3 is 1. The molecular formula is C37H59NO6. The van der Waals surface area contributed by atoms with Crippen LogP contribution in [-0.2, 0) is 28.5 Å². The average molecular weight is 614 g/mol. The summed E-state index contributed by atoms with van der Waals surface area (Å²) in [6.07, 6.45) is 13.1. The van der Waals surface area contributed by atoms with Gasteiger partial charge in [0.1, 0.15) is 0 Å². The van der Waals surface area contributed by atoms with Crippen LogP contribution in [0.3, 0.4) is 0 Å². The maximum atomic E-state index is 12.4. The van der Waals surface area contributed by atoms with Crippen LogP contribution in [-0.4, -0.2) is 94.9 Å². The lowest BCUT2D eigenvalue weighted by Crippen LogP contribution is -2.55. The van der Waals surface area contributed by atoms with Gasteiger partial charge in [-0.3, -0.25) is 9.69 Å². The number of hydrogen-bond acceptors (Lipinski definition) is 7. The molecule has 0 radical (unpaired) electrons. The van der Waals surface area contributed by atoms with E-state index in [0.717, 1.165) is 56.7 Å². The SMILES string of the molecule is COCCOCCOCCOCCN1C[C@@H](C)C[C@H]2OC3(CC[C@H]4[C@@H]5CCC6=CC(=O)CC[C@]6(C)[C@H]5CC45CC53C)[C@H](C)[C@@H]21. The third kappa shape index (κ3) is 4.84. The number of ketones is 1. The minimum atomic E-state index is -0.00321. The molecule has 7 heteroatoms. The van der Waals surface area contributed by atoms with Gasteiger partial charge in [-0.25, -0.2) is 0 Å². The lowest BCUT2D eigenvalue weighted by molar-refractivity contribution is -0.148. The monoisotopic (exact) mass is 613 g/mol. The zero-order valence-corrected chi connectivity index (χ0v) is 28.2. The van der Waals surface area contributed by atoms with E-state index < -0.39 is 0 Å². The minimum Gasteiger partial charge on any atom is -0.382 e. The Labute approximate surface area is 266 Å². The fraction of sp³-hybridized carbons (Fsp3) is 0.919. The molecule has 0 aromatic carbocycles. The average Bonchev–Trinajstić information content (AvgIpc) is 3.34. The van der Waals surface area contributed by atoms with Crippen LogP contribution >= 0.6 is 0 Å². The minimum absolute atomic E-state index is 0.00321. The van der Waals surface area contributed by atoms with Gasteiger partial charge in [-0.2, -0.15) is 0 Å². The number of hydrogen-bond donors (Lipinski definition) is 0. The number of fused-ring (bicyclic) bond motifs is 6. The number of rotatable bonds is 12. The van der Waals surface area contributed by atoms with Crippen LogP contribution in [0.2, 0.25) is 0 Å². The summed E-state index contributed by atoms with van der Waals surface area (Å²) in [5.41, 5.74) is 2.44. The smallest absolute Gasteiger partial charge is 0.155 e. The first-order chi connectivity index (χ1) is 21.2. The van der Waals surface area contributed by atoms with E-state index in [1.165, 1.54) is 44.1 Å². The molecule has 0 aromatic rings. The van der Waals surface area contributed by atoms with Gasteiger partial charge in [-0.1, -0.05) is 33.3 Å². The number of ether oxygens (including phenoxy) is 5. The van der Waals surface area contributed by atoms with Crippen LogP contribution in [0.1, 0.15) is 85.5 Å². The lowest BCUT2D eigenvalue weighted by atomic mass is 9.56. The first-order valence-corrected chi connectivity index (χ1v) is 18.1. The van der Waals surface area contributed by atoms with Crippen molar-refractivity contribution in [2.24, 2.45) is 45.8 Å². The standard InChI is InChI=1S/C37H59NO6/c1-25-20-32-33(38(23-25)12-13-41-16-17-43-19-18-42-15-14-40-5)26(2)37(44-32)11-9-30-29-7-6-27-21-28(39)8-10-34(27,3)31(29)22-36(30)24-35(36,37)4/h21,25-26,29-33H,6-20,22-24H2,1-5H3/t25-,26+,29-,30-,31-,32+,33-,34-,35?,36?,37?/m0/s1. The molecule has 7 rings (SSSR count). The number of likely N-dealkylation sites (tertiary alicyclic amines) is 1. The molecule has 7 aliphatic rings. The largest absolute Gasteiger partial charge is 0.382 e. The van der Waals surface area contributed by atoms with Crippen molar-refractivity contribution in [3.8, 4) is 0 Å². The molecule has 0 amide bonds. The molecule has 0 aromatic heterocycles. The molecular weight excluding hydrogens is 554 g/mol. The summed E-state index contributed by atoms with van der Waals surface area (Å²) in [7, 11) is 1.68. The van der Waals surface area contributed by atoms with Crippen molar-refractivity contribution < 1.29 is 28.5 Å². The van der Waals surface area contributed by atoms with Gasteiger partial charge in [0.15, 0.2) is 5.78 Å². The Balaban J connectivity index is 0.985. The van der Waals surface area contributed by atoms with Gasteiger partial charge in [0.25, 0.3) is 0 Å². The highest BCUT2D eigenvalue weighted by molar-refractivity contribution is 5.91. The van der Waals surface area contributed by atoms with Crippen molar-refractivity contribution in [1.29, 1.82) is 0 Å². The third-order valence-corrected chi connectivity index (χ3v) is 14.5. The van der Waals surface area contributed by atoms with E-state index in [0.29, 0.717) is 74.8 Å². The summed E-state index contributed by atoms with van der Waals surface area (Å²) in [5, 5.41) is 0. The normalized spacial score (nSPS) is 47.5. The Morgan fingerprint density at radius 1 is 0.932 bits per heavy atom. The van der Waals surface area contributed by atoms with Gasteiger partial charge in [0.2, 0.25) is 0 Å². The molecule has 7 nitrogen and oxygen atoms in total. The summed E-state index contributed by atoms with van der Waals surface area (Å²) in [4.78, 5) is 15.1. The predicted octanol–water partition coefficient (Wildman–Crippen LogP) is 5.70. The summed E-state index contributed by atoms with van der Waals surface area (Å²) < 4.78 is 29.7. The van der Waals surface area contributed by atoms with Gasteiger partial charge >= 0.3 is 0 Å². The van der Waals surface area contributed by atoms with Crippen LogP contribution in [0, 0.1) is 45.8 Å². The zero-order chi connectivity index (χ0) is 30.7. The molecule has 248 valence electrons. The van der Waals surface area contributed by atoms with Crippen LogP contribution in [0.15, 0.2) is 11.6 Å². The molecule has 6 fully saturated rings. The maximum Gasteiger partial charge on any atom is 0.155 e. The van der Waals surface area contributed by atoms with Crippen LogP contribution in [0.5, 0.6) is 0 Å². The van der Waals surface area contributed by atoms with E-state index in [2.05, 4.69) is 38.7 Å². The van der Waals surface area contributed by atoms with Crippen molar-refractivity contribution in [1.82, 2.24) is 4.90 Å². The van der Waals surface area contributed by atoms with E-state index in [-0.39, 0.29) is 16.4 Å². The number of allylic oxidation sites excluding steroid dienone is 2. The second-order valence-corrected chi connectivity index (χ2v) is 16.4. The summed E-state index contributed by atoms with van der Waals surface area (Å²) in [6.45, 7) is 16.6. The van der Waals surface area contributed by atoms with Gasteiger partial charge in [0.05, 0.1) is 58.0 Å². The quantitative estimate of drug-likeness (QED) is 0.262. The highest BCUT2D eigenvalue weighted by atomic mass is 16.6. The van der Waals surface area contributed by atoms with E-state index in [1.807, 2.05) is 0 Å². The molecule has 2 aliphatic heterocycles. The van der Waals surface area contributed by atoms with Crippen LogP contribution < -0.4 is 0 Å². The fourth-order valence-electron chi connectivity index (χ4n) is 12.5. The fourth-order valence-corrected chi connectivity index (χ4v) is 12.5. The lowest BCUT2D eigenvalue weighted by Gasteiger charge is -2.50. The predicted molar refractivity (Wildman–Crippen MR) is 169 cm³/mol. The third-order valence-electron chi connectivity index (χ3n) is 14.5. The van der Waals surface area contributed by atoms with Crippen molar-refractivity contribution in [3.05, 3.63) is 11.6 Å². The molecule has 4 saturated carbocycles. The Bertz CT molecular complexity index is 1110. The number of nitrogens with zero attached hydrogens (tertiary/aromatic N) is 1. The molecule has 0 N–H and O–H groups in total. The summed E-state index contributed by atoms with van der Waals surface area (Å²) in [6, 6.07) is 0.487. The Kier molecular flexibility index (Phi) is 8.66. The number of piperidine rings is 1. The Morgan fingerprint density at radius 2 is 1.66 bits per heavy atom. The molecule has 5 aliphatic carbocycles. The second-order valence-electron chi connectivity index (χ2n) is 16.4.